The zero-order valence-electron chi connectivity index (χ0n) is 17.2. The van der Waals surface area contributed by atoms with E-state index >= 15 is 0 Å². The molecule has 1 saturated carbocycles. The Kier molecular flexibility index (Phi) is 7.30. The smallest absolute Gasteiger partial charge is 0.273 e. The van der Waals surface area contributed by atoms with Crippen LogP contribution in [0, 0.1) is 6.92 Å². The SMILES string of the molecule is Cc1ccccc1C1(CNC(=O)c2cn(C3CCNCC3)nn2)CCCCC1.Cl. The average molecular weight is 418 g/mol. The van der Waals surface area contributed by atoms with Gasteiger partial charge in [-0.05, 0) is 56.8 Å². The molecular weight excluding hydrogens is 386 g/mol. The molecule has 0 bridgehead atoms. The maximum absolute atomic E-state index is 12.8. The van der Waals surface area contributed by atoms with E-state index < -0.39 is 0 Å². The molecular formula is C22H32ClN5O. The van der Waals surface area contributed by atoms with Crippen LogP contribution in [-0.2, 0) is 5.41 Å². The first kappa shape index (κ1) is 21.8. The minimum Gasteiger partial charge on any atom is -0.350 e. The van der Waals surface area contributed by atoms with E-state index in [0.29, 0.717) is 18.3 Å². The Bertz CT molecular complexity index is 809. The van der Waals surface area contributed by atoms with Crippen molar-refractivity contribution < 1.29 is 4.79 Å². The Morgan fingerprint density at radius 1 is 1.21 bits per heavy atom. The van der Waals surface area contributed by atoms with E-state index in [2.05, 4.69) is 52.1 Å². The summed E-state index contributed by atoms with van der Waals surface area (Å²) in [6.45, 7) is 4.82. The fourth-order valence-corrected chi connectivity index (χ4v) is 4.91. The van der Waals surface area contributed by atoms with Gasteiger partial charge in [-0.2, -0.15) is 0 Å². The number of rotatable bonds is 5. The number of amides is 1. The van der Waals surface area contributed by atoms with Gasteiger partial charge in [0.2, 0.25) is 0 Å². The topological polar surface area (TPSA) is 71.8 Å². The van der Waals surface area contributed by atoms with Gasteiger partial charge in [-0.25, -0.2) is 4.68 Å². The van der Waals surface area contributed by atoms with E-state index in [1.807, 2.05) is 10.9 Å². The van der Waals surface area contributed by atoms with Gasteiger partial charge in [0.1, 0.15) is 0 Å². The highest BCUT2D eigenvalue weighted by molar-refractivity contribution is 5.91. The molecule has 0 radical (unpaired) electrons. The number of aryl methyl sites for hydroxylation is 1. The molecule has 7 heteroatoms. The Morgan fingerprint density at radius 3 is 2.66 bits per heavy atom. The number of piperidine rings is 1. The van der Waals surface area contributed by atoms with Crippen LogP contribution in [-0.4, -0.2) is 40.5 Å². The lowest BCUT2D eigenvalue weighted by atomic mass is 9.68. The van der Waals surface area contributed by atoms with Crippen molar-refractivity contribution in [3.63, 3.8) is 0 Å². The van der Waals surface area contributed by atoms with E-state index in [1.165, 1.54) is 30.4 Å². The molecule has 2 aliphatic rings. The molecule has 2 heterocycles. The first-order valence-corrected chi connectivity index (χ1v) is 10.6. The summed E-state index contributed by atoms with van der Waals surface area (Å²) in [5.41, 5.74) is 3.16. The molecule has 1 aliphatic carbocycles. The van der Waals surface area contributed by atoms with E-state index in [9.17, 15) is 4.79 Å². The fraction of sp³-hybridized carbons (Fsp3) is 0.591. The standard InChI is InChI=1S/C22H31N5O.ClH/c1-17-7-3-4-8-19(17)22(11-5-2-6-12-22)16-24-21(28)20-15-27(26-25-20)18-9-13-23-14-10-18;/h3-4,7-8,15,18,23H,2,5-6,9-14,16H2,1H3,(H,24,28);1H. The number of aromatic nitrogens is 3. The number of carbonyl (C=O) groups is 1. The molecule has 2 fully saturated rings. The quantitative estimate of drug-likeness (QED) is 0.780. The molecule has 0 atom stereocenters. The highest BCUT2D eigenvalue weighted by atomic mass is 35.5. The van der Waals surface area contributed by atoms with Crippen molar-refractivity contribution in [1.29, 1.82) is 0 Å². The Hall–Kier alpha value is -1.92. The molecule has 1 aromatic carbocycles. The van der Waals surface area contributed by atoms with Gasteiger partial charge in [-0.3, -0.25) is 4.79 Å². The van der Waals surface area contributed by atoms with Crippen LogP contribution in [0.1, 0.15) is 72.6 Å². The predicted molar refractivity (Wildman–Crippen MR) is 117 cm³/mol. The van der Waals surface area contributed by atoms with Crippen LogP contribution in [0.15, 0.2) is 30.5 Å². The summed E-state index contributed by atoms with van der Waals surface area (Å²) in [6, 6.07) is 8.96. The van der Waals surface area contributed by atoms with Crippen LogP contribution in [0.3, 0.4) is 0 Å². The molecule has 4 rings (SSSR count). The van der Waals surface area contributed by atoms with Gasteiger partial charge < -0.3 is 10.6 Å². The predicted octanol–water partition coefficient (Wildman–Crippen LogP) is 3.56. The maximum Gasteiger partial charge on any atom is 0.273 e. The first-order chi connectivity index (χ1) is 13.7. The minimum absolute atomic E-state index is 0. The molecule has 158 valence electrons. The summed E-state index contributed by atoms with van der Waals surface area (Å²) in [5.74, 6) is -0.112. The molecule has 1 saturated heterocycles. The second-order valence-corrected chi connectivity index (χ2v) is 8.40. The number of nitrogens with zero attached hydrogens (tertiary/aromatic N) is 3. The molecule has 1 aromatic heterocycles. The summed E-state index contributed by atoms with van der Waals surface area (Å²) in [6.07, 6.45) is 9.84. The van der Waals surface area contributed by atoms with Gasteiger partial charge in [0.05, 0.1) is 12.2 Å². The van der Waals surface area contributed by atoms with Crippen LogP contribution < -0.4 is 10.6 Å². The van der Waals surface area contributed by atoms with Gasteiger partial charge in [-0.1, -0.05) is 48.7 Å². The highest BCUT2D eigenvalue weighted by Crippen LogP contribution is 2.40. The Labute approximate surface area is 179 Å². The van der Waals surface area contributed by atoms with E-state index in [-0.39, 0.29) is 23.7 Å². The molecule has 6 nitrogen and oxygen atoms in total. The van der Waals surface area contributed by atoms with Crippen molar-refractivity contribution in [2.45, 2.75) is 63.3 Å². The summed E-state index contributed by atoms with van der Waals surface area (Å²) in [5, 5.41) is 14.9. The largest absolute Gasteiger partial charge is 0.350 e. The van der Waals surface area contributed by atoms with E-state index in [4.69, 9.17) is 0 Å². The van der Waals surface area contributed by atoms with Gasteiger partial charge in [0, 0.05) is 12.0 Å². The summed E-state index contributed by atoms with van der Waals surface area (Å²) < 4.78 is 1.87. The van der Waals surface area contributed by atoms with Crippen LogP contribution in [0.2, 0.25) is 0 Å². The van der Waals surface area contributed by atoms with Gasteiger partial charge in [-0.15, -0.1) is 17.5 Å². The fourth-order valence-electron chi connectivity index (χ4n) is 4.91. The summed E-state index contributed by atoms with van der Waals surface area (Å²) in [7, 11) is 0. The lowest BCUT2D eigenvalue weighted by molar-refractivity contribution is 0.0931. The van der Waals surface area contributed by atoms with Crippen molar-refractivity contribution in [3.05, 3.63) is 47.3 Å². The number of hydrogen-bond acceptors (Lipinski definition) is 4. The van der Waals surface area contributed by atoms with Gasteiger partial charge >= 0.3 is 0 Å². The van der Waals surface area contributed by atoms with Crippen molar-refractivity contribution in [1.82, 2.24) is 25.6 Å². The van der Waals surface area contributed by atoms with Crippen LogP contribution in [0.25, 0.3) is 0 Å². The molecule has 0 spiro atoms. The molecule has 2 aromatic rings. The number of nitrogens with one attached hydrogen (secondary N) is 2. The second-order valence-electron chi connectivity index (χ2n) is 8.40. The normalized spacial score (nSPS) is 19.3. The van der Waals surface area contributed by atoms with Crippen molar-refractivity contribution in [2.24, 2.45) is 0 Å². The number of halogens is 1. The lowest BCUT2D eigenvalue weighted by Gasteiger charge is -2.39. The van der Waals surface area contributed by atoms with Crippen molar-refractivity contribution in [2.75, 3.05) is 19.6 Å². The third-order valence-electron chi connectivity index (χ3n) is 6.54. The Balaban J connectivity index is 0.00000240. The van der Waals surface area contributed by atoms with Crippen LogP contribution in [0.5, 0.6) is 0 Å². The molecule has 1 amide bonds. The maximum atomic E-state index is 12.8. The Morgan fingerprint density at radius 2 is 1.93 bits per heavy atom. The van der Waals surface area contributed by atoms with Gasteiger partial charge in [0.15, 0.2) is 5.69 Å². The third-order valence-corrected chi connectivity index (χ3v) is 6.54. The average Bonchev–Trinajstić information content (AvgIpc) is 3.24. The monoisotopic (exact) mass is 417 g/mol. The van der Waals surface area contributed by atoms with Crippen LogP contribution >= 0.6 is 12.4 Å². The highest BCUT2D eigenvalue weighted by Gasteiger charge is 2.35. The summed E-state index contributed by atoms with van der Waals surface area (Å²) >= 11 is 0. The number of carbonyl (C=O) groups excluding carboxylic acids is 1. The first-order valence-electron chi connectivity index (χ1n) is 10.6. The van der Waals surface area contributed by atoms with Crippen molar-refractivity contribution in [3.8, 4) is 0 Å². The number of hydrogen-bond donors (Lipinski definition) is 2. The second kappa shape index (κ2) is 9.72. The number of benzene rings is 1. The molecule has 1 aliphatic heterocycles. The molecule has 29 heavy (non-hydrogen) atoms. The zero-order chi connectivity index (χ0) is 19.4. The third kappa shape index (κ3) is 4.81. The lowest BCUT2D eigenvalue weighted by Crippen LogP contribution is -2.42. The minimum atomic E-state index is -0.112. The zero-order valence-corrected chi connectivity index (χ0v) is 18.0. The van der Waals surface area contributed by atoms with E-state index in [0.717, 1.165) is 38.8 Å². The van der Waals surface area contributed by atoms with Crippen LogP contribution in [0.4, 0.5) is 0 Å². The van der Waals surface area contributed by atoms with Gasteiger partial charge in [0.25, 0.3) is 5.91 Å². The van der Waals surface area contributed by atoms with Crippen molar-refractivity contribution >= 4 is 18.3 Å². The molecule has 2 N–H and O–H groups in total. The summed E-state index contributed by atoms with van der Waals surface area (Å²) in [4.78, 5) is 12.8. The van der Waals surface area contributed by atoms with E-state index in [1.54, 1.807) is 0 Å². The molecule has 0 unspecified atom stereocenters.